The third-order valence-corrected chi connectivity index (χ3v) is 7.76. The van der Waals surface area contributed by atoms with Crippen LogP contribution in [-0.4, -0.2) is 54.3 Å². The van der Waals surface area contributed by atoms with Crippen LogP contribution in [0.15, 0.2) is 30.4 Å². The zero-order valence-corrected chi connectivity index (χ0v) is 24.7. The number of carbonyl (C=O) groups is 3. The number of amides is 1. The number of allylic oxidation sites excluding steroid dienone is 1. The Balaban J connectivity index is 1.76. The Bertz CT molecular complexity index is 996. The van der Waals surface area contributed by atoms with Crippen molar-refractivity contribution in [3.05, 3.63) is 41.1 Å². The standard InChI is InChI=1S/C31H48N2O8/c1-4-5-8-11-24(34)17-15-23-16-18-28(35)25(23)12-9-6-7-10-13-30(36)32-26(31(37)41-3)20-22-14-19-29(40-2)27(21-22)33(38)39/h14-15,17,19,21,23-26,33-34,38H,4-13,16,18,20H2,1-3H3,(H,32,36). The quantitative estimate of drug-likeness (QED) is 0.0842. The third-order valence-electron chi connectivity index (χ3n) is 7.76. The van der Waals surface area contributed by atoms with Crippen molar-refractivity contribution in [3.63, 3.8) is 0 Å². The van der Waals surface area contributed by atoms with Crippen molar-refractivity contribution in [1.29, 1.82) is 0 Å². The van der Waals surface area contributed by atoms with Crippen LogP contribution in [0.3, 0.4) is 0 Å². The van der Waals surface area contributed by atoms with E-state index in [0.29, 0.717) is 24.2 Å². The number of hydrogen-bond donors (Lipinski definition) is 4. The van der Waals surface area contributed by atoms with Gasteiger partial charge in [0.25, 0.3) is 0 Å². The van der Waals surface area contributed by atoms with Gasteiger partial charge in [-0.3, -0.25) is 9.59 Å². The number of nitrogens with one attached hydrogen (secondary N) is 2. The number of carbonyl (C=O) groups excluding carboxylic acids is 3. The van der Waals surface area contributed by atoms with E-state index in [1.165, 1.54) is 26.4 Å². The van der Waals surface area contributed by atoms with Crippen molar-refractivity contribution in [3.8, 4) is 5.75 Å². The van der Waals surface area contributed by atoms with Crippen LogP contribution >= 0.6 is 0 Å². The minimum absolute atomic E-state index is 0.0119. The number of rotatable bonds is 19. The summed E-state index contributed by atoms with van der Waals surface area (Å²) in [6.45, 7) is 2.14. The highest BCUT2D eigenvalue weighted by Gasteiger charge is 2.32. The molecule has 0 aromatic heterocycles. The molecule has 1 aromatic rings. The minimum Gasteiger partial charge on any atom is -0.595 e. The van der Waals surface area contributed by atoms with E-state index >= 15 is 0 Å². The normalized spacial score (nSPS) is 19.2. The van der Waals surface area contributed by atoms with Gasteiger partial charge in [0.15, 0.2) is 5.75 Å². The van der Waals surface area contributed by atoms with Crippen molar-refractivity contribution in [2.24, 2.45) is 11.8 Å². The lowest BCUT2D eigenvalue weighted by Gasteiger charge is -2.19. The molecule has 10 heteroatoms. The summed E-state index contributed by atoms with van der Waals surface area (Å²) < 4.78 is 9.92. The maximum atomic E-state index is 12.6. The molecular weight excluding hydrogens is 528 g/mol. The van der Waals surface area contributed by atoms with E-state index in [0.717, 1.165) is 57.8 Å². The van der Waals surface area contributed by atoms with Crippen molar-refractivity contribution < 1.29 is 39.4 Å². The predicted octanol–water partition coefficient (Wildman–Crippen LogP) is 3.73. The summed E-state index contributed by atoms with van der Waals surface area (Å²) in [5.74, 6) is -0.161. The van der Waals surface area contributed by atoms with E-state index in [2.05, 4.69) is 12.2 Å². The zero-order chi connectivity index (χ0) is 30.2. The molecule has 10 nitrogen and oxygen atoms in total. The summed E-state index contributed by atoms with van der Waals surface area (Å²) in [4.78, 5) is 37.3. The molecule has 230 valence electrons. The first-order valence-corrected chi connectivity index (χ1v) is 14.9. The predicted molar refractivity (Wildman–Crippen MR) is 155 cm³/mol. The van der Waals surface area contributed by atoms with E-state index in [1.807, 2.05) is 12.2 Å². The number of ketones is 1. The van der Waals surface area contributed by atoms with Gasteiger partial charge >= 0.3 is 5.97 Å². The van der Waals surface area contributed by atoms with Crippen molar-refractivity contribution >= 4 is 23.3 Å². The average molecular weight is 577 g/mol. The van der Waals surface area contributed by atoms with Crippen LogP contribution in [0.4, 0.5) is 5.69 Å². The fourth-order valence-corrected chi connectivity index (χ4v) is 5.40. The first-order valence-electron chi connectivity index (χ1n) is 14.9. The smallest absolute Gasteiger partial charge is 0.328 e. The number of aliphatic hydroxyl groups is 1. The number of Topliss-reactive ketones (excluding diaryl/α,β-unsaturated/α-hetero) is 1. The molecule has 1 saturated carbocycles. The fourth-order valence-electron chi connectivity index (χ4n) is 5.40. The van der Waals surface area contributed by atoms with Crippen LogP contribution in [-0.2, 0) is 25.5 Å². The maximum absolute atomic E-state index is 12.6. The summed E-state index contributed by atoms with van der Waals surface area (Å²) >= 11 is 0. The van der Waals surface area contributed by atoms with Gasteiger partial charge in [-0.1, -0.05) is 63.7 Å². The van der Waals surface area contributed by atoms with Gasteiger partial charge in [-0.2, -0.15) is 5.23 Å². The van der Waals surface area contributed by atoms with Crippen LogP contribution in [0.2, 0.25) is 0 Å². The fraction of sp³-hybridized carbons (Fsp3) is 0.645. The van der Waals surface area contributed by atoms with E-state index in [1.54, 1.807) is 6.07 Å². The number of quaternary nitrogens is 1. The molecule has 5 atom stereocenters. The van der Waals surface area contributed by atoms with Crippen LogP contribution in [0.1, 0.15) is 89.5 Å². The molecule has 5 unspecified atom stereocenters. The van der Waals surface area contributed by atoms with Gasteiger partial charge < -0.3 is 25.1 Å². The number of aliphatic hydroxyl groups excluding tert-OH is 1. The molecule has 1 amide bonds. The lowest BCUT2D eigenvalue weighted by Crippen LogP contribution is -2.99. The van der Waals surface area contributed by atoms with Gasteiger partial charge in [0.2, 0.25) is 11.6 Å². The van der Waals surface area contributed by atoms with Crippen LogP contribution < -0.4 is 15.3 Å². The lowest BCUT2D eigenvalue weighted by atomic mass is 9.89. The van der Waals surface area contributed by atoms with Crippen LogP contribution in [0.5, 0.6) is 5.75 Å². The van der Waals surface area contributed by atoms with Gasteiger partial charge in [0.1, 0.15) is 11.8 Å². The molecule has 0 bridgehead atoms. The van der Waals surface area contributed by atoms with Gasteiger partial charge in [0, 0.05) is 31.2 Å². The molecule has 0 heterocycles. The van der Waals surface area contributed by atoms with E-state index in [-0.39, 0.29) is 42.0 Å². The molecule has 1 fully saturated rings. The van der Waals surface area contributed by atoms with Gasteiger partial charge in [-0.05, 0) is 43.2 Å². The van der Waals surface area contributed by atoms with Crippen LogP contribution in [0, 0.1) is 17.0 Å². The topological polar surface area (TPSA) is 150 Å². The molecule has 1 aromatic carbocycles. The summed E-state index contributed by atoms with van der Waals surface area (Å²) in [5, 5.41) is 32.7. The van der Waals surface area contributed by atoms with Crippen molar-refractivity contribution in [2.75, 3.05) is 14.2 Å². The summed E-state index contributed by atoms with van der Waals surface area (Å²) in [6, 6.07) is 3.66. The number of ether oxygens (including phenoxy) is 2. The number of esters is 1. The Morgan fingerprint density at radius 3 is 2.61 bits per heavy atom. The van der Waals surface area contributed by atoms with Gasteiger partial charge in [-0.25, -0.2) is 10.0 Å². The van der Waals surface area contributed by atoms with E-state index < -0.39 is 23.3 Å². The SMILES string of the molecule is CCCCCC(O)C=CC1CCC(=O)C1CCCCCCC(=O)NC(Cc1ccc(OC)c([NH+]([O-])O)c1)C(=O)OC. The van der Waals surface area contributed by atoms with E-state index in [4.69, 9.17) is 9.47 Å². The Hall–Kier alpha value is -2.79. The molecule has 41 heavy (non-hydrogen) atoms. The number of hydrogen-bond acceptors (Lipinski definition) is 8. The second-order valence-corrected chi connectivity index (χ2v) is 10.9. The largest absolute Gasteiger partial charge is 0.595 e. The molecule has 0 radical (unpaired) electrons. The number of methoxy groups -OCH3 is 2. The summed E-state index contributed by atoms with van der Waals surface area (Å²) in [7, 11) is 2.62. The average Bonchev–Trinajstić information content (AvgIpc) is 3.31. The molecule has 0 aliphatic heterocycles. The van der Waals surface area contributed by atoms with Gasteiger partial charge in [0.05, 0.1) is 20.3 Å². The highest BCUT2D eigenvalue weighted by atomic mass is 16.8. The van der Waals surface area contributed by atoms with Crippen LogP contribution in [0.25, 0.3) is 0 Å². The summed E-state index contributed by atoms with van der Waals surface area (Å²) in [6.07, 6.45) is 13.3. The van der Waals surface area contributed by atoms with Gasteiger partial charge in [-0.15, -0.1) is 0 Å². The molecule has 0 saturated heterocycles. The monoisotopic (exact) mass is 576 g/mol. The van der Waals surface area contributed by atoms with Crippen molar-refractivity contribution in [2.45, 2.75) is 103 Å². The first-order chi connectivity index (χ1) is 19.7. The molecular formula is C31H48N2O8. The number of unbranched alkanes of at least 4 members (excludes halogenated alkanes) is 5. The highest BCUT2D eigenvalue weighted by Crippen LogP contribution is 2.34. The molecule has 1 aliphatic carbocycles. The van der Waals surface area contributed by atoms with E-state index in [9.17, 15) is 29.9 Å². The molecule has 2 rings (SSSR count). The minimum atomic E-state index is -1.15. The summed E-state index contributed by atoms with van der Waals surface area (Å²) in [5.41, 5.74) is 0.529. The Labute approximate surface area is 243 Å². The van der Waals surface area contributed by atoms with Crippen molar-refractivity contribution in [1.82, 2.24) is 5.32 Å². The zero-order valence-electron chi connectivity index (χ0n) is 24.7. The molecule has 0 spiro atoms. The highest BCUT2D eigenvalue weighted by molar-refractivity contribution is 5.85. The molecule has 1 aliphatic rings. The second kappa shape index (κ2) is 18.6. The molecule has 4 N–H and O–H groups in total. The Kier molecular flexibility index (Phi) is 15.6. The lowest BCUT2D eigenvalue weighted by molar-refractivity contribution is -0.991. The first kappa shape index (κ1) is 34.4. The Morgan fingerprint density at radius 1 is 1.17 bits per heavy atom. The second-order valence-electron chi connectivity index (χ2n) is 10.9. The maximum Gasteiger partial charge on any atom is 0.328 e. The number of benzene rings is 1. The third kappa shape index (κ3) is 11.9. The Morgan fingerprint density at radius 2 is 1.93 bits per heavy atom.